The van der Waals surface area contributed by atoms with E-state index in [1.54, 1.807) is 17.2 Å². The van der Waals surface area contributed by atoms with Crippen LogP contribution in [0.1, 0.15) is 27.8 Å². The molecule has 1 aliphatic heterocycles. The average molecular weight is 328 g/mol. The van der Waals surface area contributed by atoms with Gasteiger partial charge in [-0.05, 0) is 36.8 Å². The molecule has 124 valence electrons. The van der Waals surface area contributed by atoms with Gasteiger partial charge in [-0.1, -0.05) is 0 Å². The van der Waals surface area contributed by atoms with Crippen molar-refractivity contribution in [3.05, 3.63) is 53.2 Å². The minimum atomic E-state index is -0.315. The molecule has 2 N–H and O–H groups in total. The summed E-state index contributed by atoms with van der Waals surface area (Å²) in [5.74, 6) is -0.433. The molecule has 3 aromatic rings. The van der Waals surface area contributed by atoms with Crippen LogP contribution in [0.2, 0.25) is 0 Å². The van der Waals surface area contributed by atoms with Gasteiger partial charge in [0.1, 0.15) is 11.5 Å². The zero-order valence-electron chi connectivity index (χ0n) is 13.2. The Hall–Kier alpha value is -2.67. The zero-order valence-corrected chi connectivity index (χ0v) is 13.2. The van der Waals surface area contributed by atoms with E-state index in [0.29, 0.717) is 25.5 Å². The maximum Gasteiger partial charge on any atom is 0.271 e. The number of benzene rings is 1. The third-order valence-corrected chi connectivity index (χ3v) is 4.50. The minimum absolute atomic E-state index is 0.119. The third-order valence-electron chi connectivity index (χ3n) is 4.50. The number of halogens is 1. The number of amides is 1. The molecule has 1 saturated heterocycles. The highest BCUT2D eigenvalue weighted by atomic mass is 19.1. The number of carbonyl (C=O) groups excluding carboxylic acids is 1. The summed E-state index contributed by atoms with van der Waals surface area (Å²) in [6.45, 7) is 3.23. The third kappa shape index (κ3) is 2.37. The molecule has 0 spiro atoms. The van der Waals surface area contributed by atoms with Gasteiger partial charge in [-0.15, -0.1) is 0 Å². The maximum absolute atomic E-state index is 13.5. The van der Waals surface area contributed by atoms with Crippen LogP contribution >= 0.6 is 0 Å². The van der Waals surface area contributed by atoms with Crippen LogP contribution < -0.4 is 0 Å². The summed E-state index contributed by atoms with van der Waals surface area (Å²) in [4.78, 5) is 18.0. The molecular weight excluding hydrogens is 311 g/mol. The first-order valence-electron chi connectivity index (χ1n) is 7.81. The summed E-state index contributed by atoms with van der Waals surface area (Å²) >= 11 is 0. The van der Waals surface area contributed by atoms with Gasteiger partial charge in [-0.25, -0.2) is 4.39 Å². The Morgan fingerprint density at radius 1 is 1.42 bits per heavy atom. The zero-order chi connectivity index (χ0) is 16.7. The van der Waals surface area contributed by atoms with Crippen LogP contribution in [0.5, 0.6) is 0 Å². The van der Waals surface area contributed by atoms with E-state index in [-0.39, 0.29) is 17.8 Å². The summed E-state index contributed by atoms with van der Waals surface area (Å²) in [6, 6.07) is 6.11. The standard InChI is InChI=1S/C17H17FN4O2/c1-10-12-8-11(18)2-3-13(12)20-16(10)17(23)22-6-7-24-9-15(22)14-4-5-19-21-14/h2-5,8,15,20H,6-7,9H2,1H3,(H,19,21)/t15-/m0/s1. The normalized spacial score (nSPS) is 18.2. The molecule has 4 rings (SSSR count). The van der Waals surface area contributed by atoms with Crippen LogP contribution in [0.4, 0.5) is 4.39 Å². The van der Waals surface area contributed by atoms with E-state index in [1.807, 2.05) is 13.0 Å². The van der Waals surface area contributed by atoms with E-state index in [0.717, 1.165) is 22.2 Å². The molecule has 0 aliphatic carbocycles. The second kappa shape index (κ2) is 5.76. The number of aryl methyl sites for hydroxylation is 1. The van der Waals surface area contributed by atoms with E-state index in [2.05, 4.69) is 15.2 Å². The molecule has 1 amide bonds. The summed E-state index contributed by atoms with van der Waals surface area (Å²) in [6.07, 6.45) is 1.66. The number of nitrogens with one attached hydrogen (secondary N) is 2. The molecule has 1 atom stereocenters. The van der Waals surface area contributed by atoms with Gasteiger partial charge in [0, 0.05) is 23.6 Å². The molecule has 0 radical (unpaired) electrons. The topological polar surface area (TPSA) is 74.0 Å². The lowest BCUT2D eigenvalue weighted by atomic mass is 10.1. The predicted molar refractivity (Wildman–Crippen MR) is 86.2 cm³/mol. The fourth-order valence-electron chi connectivity index (χ4n) is 3.21. The first kappa shape index (κ1) is 14.9. The van der Waals surface area contributed by atoms with E-state index in [4.69, 9.17) is 4.74 Å². The Morgan fingerprint density at radius 2 is 2.29 bits per heavy atom. The van der Waals surface area contributed by atoms with Crippen LogP contribution in [0, 0.1) is 12.7 Å². The highest BCUT2D eigenvalue weighted by Crippen LogP contribution is 2.28. The SMILES string of the molecule is Cc1c(C(=O)N2CCOC[C@H]2c2ccn[nH]2)[nH]c2ccc(F)cc12. The Balaban J connectivity index is 1.73. The molecule has 24 heavy (non-hydrogen) atoms. The van der Waals surface area contributed by atoms with Gasteiger partial charge in [-0.3, -0.25) is 9.89 Å². The minimum Gasteiger partial charge on any atom is -0.377 e. The number of H-pyrrole nitrogens is 2. The second-order valence-corrected chi connectivity index (χ2v) is 5.92. The van der Waals surface area contributed by atoms with E-state index in [9.17, 15) is 9.18 Å². The van der Waals surface area contributed by atoms with Crippen molar-refractivity contribution >= 4 is 16.8 Å². The van der Waals surface area contributed by atoms with Crippen LogP contribution in [-0.2, 0) is 4.74 Å². The lowest BCUT2D eigenvalue weighted by Crippen LogP contribution is -2.43. The van der Waals surface area contributed by atoms with E-state index < -0.39 is 0 Å². The van der Waals surface area contributed by atoms with Crippen LogP contribution in [0.25, 0.3) is 10.9 Å². The van der Waals surface area contributed by atoms with Gasteiger partial charge in [0.15, 0.2) is 0 Å². The van der Waals surface area contributed by atoms with Crippen molar-refractivity contribution in [1.29, 1.82) is 0 Å². The smallest absolute Gasteiger partial charge is 0.271 e. The second-order valence-electron chi connectivity index (χ2n) is 5.92. The lowest BCUT2D eigenvalue weighted by Gasteiger charge is -2.34. The van der Waals surface area contributed by atoms with Crippen molar-refractivity contribution < 1.29 is 13.9 Å². The number of morpholine rings is 1. The van der Waals surface area contributed by atoms with E-state index in [1.165, 1.54) is 12.1 Å². The summed E-state index contributed by atoms with van der Waals surface area (Å²) in [7, 11) is 0. The number of fused-ring (bicyclic) bond motifs is 1. The van der Waals surface area contributed by atoms with Crippen molar-refractivity contribution in [1.82, 2.24) is 20.1 Å². The molecular formula is C17H17FN4O2. The van der Waals surface area contributed by atoms with Crippen molar-refractivity contribution in [2.45, 2.75) is 13.0 Å². The molecule has 1 fully saturated rings. The average Bonchev–Trinajstić information content (AvgIpc) is 3.23. The van der Waals surface area contributed by atoms with Gasteiger partial charge in [0.2, 0.25) is 0 Å². The van der Waals surface area contributed by atoms with Gasteiger partial charge in [0.25, 0.3) is 5.91 Å². The van der Waals surface area contributed by atoms with Crippen molar-refractivity contribution in [2.75, 3.05) is 19.8 Å². The van der Waals surface area contributed by atoms with Gasteiger partial charge in [0.05, 0.1) is 24.9 Å². The van der Waals surface area contributed by atoms with Gasteiger partial charge in [-0.2, -0.15) is 5.10 Å². The molecule has 0 saturated carbocycles. The Morgan fingerprint density at radius 3 is 3.08 bits per heavy atom. The molecule has 6 nitrogen and oxygen atoms in total. The molecule has 3 heterocycles. The number of rotatable bonds is 2. The Kier molecular flexibility index (Phi) is 3.57. The number of aromatic nitrogens is 3. The summed E-state index contributed by atoms with van der Waals surface area (Å²) in [5, 5.41) is 7.59. The lowest BCUT2D eigenvalue weighted by molar-refractivity contribution is -0.00420. The van der Waals surface area contributed by atoms with E-state index >= 15 is 0 Å². The summed E-state index contributed by atoms with van der Waals surface area (Å²) in [5.41, 5.74) is 2.83. The van der Waals surface area contributed by atoms with Crippen LogP contribution in [0.15, 0.2) is 30.5 Å². The number of hydrogen-bond donors (Lipinski definition) is 2. The Bertz CT molecular complexity index is 888. The largest absolute Gasteiger partial charge is 0.377 e. The quantitative estimate of drug-likeness (QED) is 0.759. The first-order valence-corrected chi connectivity index (χ1v) is 7.81. The molecule has 1 aliphatic rings. The van der Waals surface area contributed by atoms with Crippen LogP contribution in [-0.4, -0.2) is 45.7 Å². The predicted octanol–water partition coefficient (Wildman–Crippen LogP) is 2.55. The molecule has 0 bridgehead atoms. The number of ether oxygens (including phenoxy) is 1. The molecule has 0 unspecified atom stereocenters. The van der Waals surface area contributed by atoms with Gasteiger partial charge < -0.3 is 14.6 Å². The van der Waals surface area contributed by atoms with Crippen molar-refractivity contribution in [3.8, 4) is 0 Å². The number of aromatic amines is 2. The highest BCUT2D eigenvalue weighted by molar-refractivity contribution is 6.01. The monoisotopic (exact) mass is 328 g/mol. The highest BCUT2D eigenvalue weighted by Gasteiger charge is 2.32. The maximum atomic E-state index is 13.5. The molecule has 2 aromatic heterocycles. The number of hydrogen-bond acceptors (Lipinski definition) is 3. The fraction of sp³-hybridized carbons (Fsp3) is 0.294. The van der Waals surface area contributed by atoms with Crippen LogP contribution in [0.3, 0.4) is 0 Å². The Labute approximate surface area is 137 Å². The summed E-state index contributed by atoms with van der Waals surface area (Å²) < 4.78 is 19.0. The van der Waals surface area contributed by atoms with Crippen molar-refractivity contribution in [2.24, 2.45) is 0 Å². The van der Waals surface area contributed by atoms with Gasteiger partial charge >= 0.3 is 0 Å². The number of carbonyl (C=O) groups is 1. The first-order chi connectivity index (χ1) is 11.6. The molecule has 7 heteroatoms. The fourth-order valence-corrected chi connectivity index (χ4v) is 3.21. The molecule has 1 aromatic carbocycles. The van der Waals surface area contributed by atoms with Crippen molar-refractivity contribution in [3.63, 3.8) is 0 Å². The number of nitrogens with zero attached hydrogens (tertiary/aromatic N) is 2.